The molecule has 0 fully saturated rings. The van der Waals surface area contributed by atoms with E-state index in [0.717, 1.165) is 28.2 Å². The highest BCUT2D eigenvalue weighted by atomic mass is 16.5. The van der Waals surface area contributed by atoms with Crippen LogP contribution in [0.3, 0.4) is 0 Å². The quantitative estimate of drug-likeness (QED) is 0.874. The maximum atomic E-state index is 5.84. The summed E-state index contributed by atoms with van der Waals surface area (Å²) in [6.45, 7) is 4.62. The fourth-order valence-corrected chi connectivity index (χ4v) is 1.98. The number of methoxy groups -OCH3 is 1. The highest BCUT2D eigenvalue weighted by Gasteiger charge is 2.08. The van der Waals surface area contributed by atoms with Gasteiger partial charge in [-0.05, 0) is 23.3 Å². The molecule has 0 radical (unpaired) electrons. The molecule has 0 aliphatic rings. The van der Waals surface area contributed by atoms with Crippen LogP contribution in [0.15, 0.2) is 49.0 Å². The smallest absolute Gasteiger partial charge is 0.128 e. The summed E-state index contributed by atoms with van der Waals surface area (Å²) in [6, 6.07) is 13.8. The van der Waals surface area contributed by atoms with Crippen molar-refractivity contribution in [3.8, 4) is 11.5 Å². The Morgan fingerprint density at radius 3 is 2.40 bits per heavy atom. The lowest BCUT2D eigenvalue weighted by Gasteiger charge is -2.13. The Morgan fingerprint density at radius 1 is 1.10 bits per heavy atom. The second kappa shape index (κ2) is 6.78. The molecule has 0 spiro atoms. The van der Waals surface area contributed by atoms with Gasteiger partial charge in [-0.25, -0.2) is 0 Å². The first-order valence-corrected chi connectivity index (χ1v) is 6.48. The first-order valence-electron chi connectivity index (χ1n) is 6.48. The first-order chi connectivity index (χ1) is 9.78. The van der Waals surface area contributed by atoms with Crippen molar-refractivity contribution >= 4 is 6.08 Å². The minimum Gasteiger partial charge on any atom is -0.496 e. The van der Waals surface area contributed by atoms with Crippen LogP contribution in [0.25, 0.3) is 6.08 Å². The SMILES string of the molecule is C=Cc1ccc(COc2cccc(OC)c2CN)cc1. The second-order valence-electron chi connectivity index (χ2n) is 4.38. The molecular weight excluding hydrogens is 250 g/mol. The molecule has 0 bridgehead atoms. The predicted octanol–water partition coefficient (Wildman–Crippen LogP) is 3.38. The van der Waals surface area contributed by atoms with Crippen LogP contribution in [-0.2, 0) is 13.2 Å². The van der Waals surface area contributed by atoms with Crippen molar-refractivity contribution in [3.63, 3.8) is 0 Å². The molecule has 2 rings (SSSR count). The van der Waals surface area contributed by atoms with Crippen LogP contribution in [0.1, 0.15) is 16.7 Å². The standard InChI is InChI=1S/C17H19NO2/c1-3-13-7-9-14(10-8-13)12-20-17-6-4-5-16(19-2)15(17)11-18/h3-10H,1,11-12,18H2,2H3. The molecule has 2 aromatic rings. The van der Waals surface area contributed by atoms with E-state index in [1.807, 2.05) is 48.5 Å². The van der Waals surface area contributed by atoms with Crippen LogP contribution in [-0.4, -0.2) is 7.11 Å². The predicted molar refractivity (Wildman–Crippen MR) is 81.8 cm³/mol. The molecule has 3 nitrogen and oxygen atoms in total. The van der Waals surface area contributed by atoms with Gasteiger partial charge in [-0.2, -0.15) is 0 Å². The summed E-state index contributed by atoms with van der Waals surface area (Å²) in [5.74, 6) is 1.52. The average Bonchev–Trinajstić information content (AvgIpc) is 2.52. The van der Waals surface area contributed by atoms with E-state index >= 15 is 0 Å². The minimum absolute atomic E-state index is 0.384. The number of rotatable bonds is 6. The Balaban J connectivity index is 2.11. The molecule has 0 unspecified atom stereocenters. The highest BCUT2D eigenvalue weighted by Crippen LogP contribution is 2.28. The zero-order valence-corrected chi connectivity index (χ0v) is 11.6. The van der Waals surface area contributed by atoms with Gasteiger partial charge in [0.1, 0.15) is 18.1 Å². The van der Waals surface area contributed by atoms with E-state index in [2.05, 4.69) is 6.58 Å². The zero-order chi connectivity index (χ0) is 14.4. The van der Waals surface area contributed by atoms with Crippen molar-refractivity contribution < 1.29 is 9.47 Å². The fraction of sp³-hybridized carbons (Fsp3) is 0.176. The molecular formula is C17H19NO2. The summed E-state index contributed by atoms with van der Waals surface area (Å²) in [6.07, 6.45) is 1.82. The van der Waals surface area contributed by atoms with Gasteiger partial charge >= 0.3 is 0 Å². The molecule has 0 aliphatic carbocycles. The van der Waals surface area contributed by atoms with Crippen LogP contribution in [0.2, 0.25) is 0 Å². The van der Waals surface area contributed by atoms with Crippen molar-refractivity contribution in [1.29, 1.82) is 0 Å². The third kappa shape index (κ3) is 3.19. The summed E-state index contributed by atoms with van der Waals surface area (Å²) in [7, 11) is 1.63. The zero-order valence-electron chi connectivity index (χ0n) is 11.6. The van der Waals surface area contributed by atoms with E-state index in [1.54, 1.807) is 7.11 Å². The lowest BCUT2D eigenvalue weighted by atomic mass is 10.1. The molecule has 0 atom stereocenters. The van der Waals surface area contributed by atoms with Crippen molar-refractivity contribution in [2.45, 2.75) is 13.2 Å². The molecule has 104 valence electrons. The Bertz CT molecular complexity index is 576. The molecule has 3 heteroatoms. The van der Waals surface area contributed by atoms with Crippen molar-refractivity contribution in [2.75, 3.05) is 7.11 Å². The number of hydrogen-bond acceptors (Lipinski definition) is 3. The van der Waals surface area contributed by atoms with Gasteiger partial charge < -0.3 is 15.2 Å². The number of benzene rings is 2. The largest absolute Gasteiger partial charge is 0.496 e. The molecule has 0 heterocycles. The normalized spacial score (nSPS) is 10.1. The first kappa shape index (κ1) is 14.2. The average molecular weight is 269 g/mol. The van der Waals surface area contributed by atoms with E-state index in [9.17, 15) is 0 Å². The third-order valence-corrected chi connectivity index (χ3v) is 3.12. The summed E-state index contributed by atoms with van der Waals surface area (Å²) in [5, 5.41) is 0. The molecule has 20 heavy (non-hydrogen) atoms. The number of nitrogens with two attached hydrogens (primary N) is 1. The van der Waals surface area contributed by atoms with Gasteiger partial charge in [-0.15, -0.1) is 0 Å². The number of ether oxygens (including phenoxy) is 2. The Labute approximate surface area is 119 Å². The van der Waals surface area contributed by atoms with E-state index in [1.165, 1.54) is 0 Å². The summed E-state index contributed by atoms with van der Waals surface area (Å²) in [4.78, 5) is 0. The van der Waals surface area contributed by atoms with E-state index < -0.39 is 0 Å². The topological polar surface area (TPSA) is 44.5 Å². The minimum atomic E-state index is 0.384. The third-order valence-electron chi connectivity index (χ3n) is 3.12. The molecule has 0 amide bonds. The molecule has 0 saturated heterocycles. The van der Waals surface area contributed by atoms with E-state index in [0.29, 0.717) is 13.2 Å². The van der Waals surface area contributed by atoms with Crippen LogP contribution in [0, 0.1) is 0 Å². The molecule has 0 aliphatic heterocycles. The van der Waals surface area contributed by atoms with Gasteiger partial charge in [-0.1, -0.05) is 43.0 Å². The maximum Gasteiger partial charge on any atom is 0.128 e. The van der Waals surface area contributed by atoms with Gasteiger partial charge in [0.05, 0.1) is 7.11 Å². The van der Waals surface area contributed by atoms with Gasteiger partial charge in [0, 0.05) is 12.1 Å². The molecule has 0 aromatic heterocycles. The van der Waals surface area contributed by atoms with E-state index in [-0.39, 0.29) is 0 Å². The van der Waals surface area contributed by atoms with Gasteiger partial charge in [0.15, 0.2) is 0 Å². The summed E-state index contributed by atoms with van der Waals surface area (Å²) >= 11 is 0. The van der Waals surface area contributed by atoms with Crippen molar-refractivity contribution in [3.05, 3.63) is 65.7 Å². The lowest BCUT2D eigenvalue weighted by Crippen LogP contribution is -2.04. The summed E-state index contributed by atoms with van der Waals surface area (Å²) in [5.41, 5.74) is 8.84. The van der Waals surface area contributed by atoms with Crippen LogP contribution in [0.5, 0.6) is 11.5 Å². The van der Waals surface area contributed by atoms with Gasteiger partial charge in [0.2, 0.25) is 0 Å². The molecule has 2 aromatic carbocycles. The van der Waals surface area contributed by atoms with Crippen LogP contribution < -0.4 is 15.2 Å². The van der Waals surface area contributed by atoms with Gasteiger partial charge in [0.25, 0.3) is 0 Å². The lowest BCUT2D eigenvalue weighted by molar-refractivity contribution is 0.299. The van der Waals surface area contributed by atoms with Crippen molar-refractivity contribution in [1.82, 2.24) is 0 Å². The van der Waals surface area contributed by atoms with Crippen molar-refractivity contribution in [2.24, 2.45) is 5.73 Å². The Morgan fingerprint density at radius 2 is 1.80 bits per heavy atom. The van der Waals surface area contributed by atoms with Crippen LogP contribution >= 0.6 is 0 Å². The Kier molecular flexibility index (Phi) is 4.80. The fourth-order valence-electron chi connectivity index (χ4n) is 1.98. The van der Waals surface area contributed by atoms with E-state index in [4.69, 9.17) is 15.2 Å². The highest BCUT2D eigenvalue weighted by molar-refractivity contribution is 5.47. The summed E-state index contributed by atoms with van der Waals surface area (Å²) < 4.78 is 11.1. The van der Waals surface area contributed by atoms with Crippen LogP contribution in [0.4, 0.5) is 0 Å². The number of hydrogen-bond donors (Lipinski definition) is 1. The molecule has 0 saturated carbocycles. The van der Waals surface area contributed by atoms with Gasteiger partial charge in [-0.3, -0.25) is 0 Å². The molecule has 2 N–H and O–H groups in total. The monoisotopic (exact) mass is 269 g/mol. The maximum absolute atomic E-state index is 5.84. The Hall–Kier alpha value is -2.26. The second-order valence-corrected chi connectivity index (χ2v) is 4.38.